The molecule has 20 heavy (non-hydrogen) atoms. The number of carboxylic acids is 4. The third-order valence-electron chi connectivity index (χ3n) is 1.78. The van der Waals surface area contributed by atoms with Crippen molar-refractivity contribution in [3.05, 3.63) is 12.2 Å². The third kappa shape index (κ3) is 24.7. The second kappa shape index (κ2) is 13.1. The van der Waals surface area contributed by atoms with Crippen LogP contribution in [0.5, 0.6) is 0 Å². The van der Waals surface area contributed by atoms with Gasteiger partial charge in [-0.2, -0.15) is 0 Å². The Hall–Kier alpha value is -2.38. The van der Waals surface area contributed by atoms with Crippen LogP contribution in [-0.4, -0.2) is 44.3 Å². The normalized spacial score (nSPS) is 9.60. The molecule has 0 atom stereocenters. The second-order valence-electron chi connectivity index (χ2n) is 3.66. The smallest absolute Gasteiger partial charge is 0.307 e. The van der Waals surface area contributed by atoms with Crippen molar-refractivity contribution in [2.45, 2.75) is 38.5 Å². The van der Waals surface area contributed by atoms with E-state index in [1.165, 1.54) is 12.2 Å². The van der Waals surface area contributed by atoms with Gasteiger partial charge in [0.05, 0.1) is 12.8 Å². The topological polar surface area (TPSA) is 149 Å². The zero-order chi connectivity index (χ0) is 16.0. The number of hydrogen-bond donors (Lipinski definition) is 4. The number of unbranched alkanes of at least 4 members (excludes halogenated alkanes) is 1. The standard InChI is InChI=1S/C6H10O4.C6H8O4/c2*7-5(8)3-1-2-4-6(9)10/h1-4H2,(H,7,8)(H,9,10);1-2H,3-4H2,(H,7,8)(H,9,10)/b;2-1-. The highest BCUT2D eigenvalue weighted by molar-refractivity contribution is 5.70. The Bertz CT molecular complexity index is 324. The average molecular weight is 290 g/mol. The molecule has 0 unspecified atom stereocenters. The molecule has 0 aromatic rings. The first-order valence-electron chi connectivity index (χ1n) is 5.77. The molecule has 0 radical (unpaired) electrons. The zero-order valence-electron chi connectivity index (χ0n) is 10.8. The monoisotopic (exact) mass is 290 g/mol. The Kier molecular flexibility index (Phi) is 13.0. The van der Waals surface area contributed by atoms with E-state index < -0.39 is 23.9 Å². The van der Waals surface area contributed by atoms with Crippen LogP contribution >= 0.6 is 0 Å². The highest BCUT2D eigenvalue weighted by atomic mass is 16.4. The molecule has 0 heterocycles. The summed E-state index contributed by atoms with van der Waals surface area (Å²) < 4.78 is 0. The molecule has 0 saturated heterocycles. The van der Waals surface area contributed by atoms with Crippen molar-refractivity contribution in [3.8, 4) is 0 Å². The Morgan fingerprint density at radius 2 is 0.900 bits per heavy atom. The molecule has 0 saturated carbocycles. The van der Waals surface area contributed by atoms with Gasteiger partial charge in [0, 0.05) is 12.8 Å². The molecule has 0 aromatic carbocycles. The zero-order valence-corrected chi connectivity index (χ0v) is 10.8. The molecule has 0 aliphatic rings. The van der Waals surface area contributed by atoms with E-state index in [4.69, 9.17) is 20.4 Å². The molecule has 8 nitrogen and oxygen atoms in total. The Morgan fingerprint density at radius 1 is 0.600 bits per heavy atom. The number of rotatable bonds is 9. The van der Waals surface area contributed by atoms with E-state index >= 15 is 0 Å². The summed E-state index contributed by atoms with van der Waals surface area (Å²) >= 11 is 0. The lowest BCUT2D eigenvalue weighted by Crippen LogP contribution is -1.97. The molecule has 8 heteroatoms. The molecule has 0 aliphatic carbocycles. The molecule has 0 aliphatic heterocycles. The van der Waals surface area contributed by atoms with Gasteiger partial charge in [0.15, 0.2) is 0 Å². The molecular weight excluding hydrogens is 272 g/mol. The Balaban J connectivity index is 0. The molecule has 0 spiro atoms. The fourth-order valence-corrected chi connectivity index (χ4v) is 0.921. The van der Waals surface area contributed by atoms with Gasteiger partial charge in [0.1, 0.15) is 0 Å². The number of hydrogen-bond acceptors (Lipinski definition) is 4. The van der Waals surface area contributed by atoms with Gasteiger partial charge in [-0.25, -0.2) is 0 Å². The van der Waals surface area contributed by atoms with Gasteiger partial charge in [0.25, 0.3) is 0 Å². The van der Waals surface area contributed by atoms with Crippen molar-refractivity contribution < 1.29 is 39.6 Å². The van der Waals surface area contributed by atoms with Crippen LogP contribution in [0.3, 0.4) is 0 Å². The Morgan fingerprint density at radius 3 is 1.10 bits per heavy atom. The first kappa shape index (κ1) is 19.9. The van der Waals surface area contributed by atoms with E-state index in [1.807, 2.05) is 0 Å². The molecule has 0 amide bonds. The van der Waals surface area contributed by atoms with Gasteiger partial charge in [-0.15, -0.1) is 0 Å². The van der Waals surface area contributed by atoms with Crippen molar-refractivity contribution in [1.29, 1.82) is 0 Å². The van der Waals surface area contributed by atoms with E-state index in [9.17, 15) is 19.2 Å². The quantitative estimate of drug-likeness (QED) is 0.365. The number of carboxylic acid groups (broad SMARTS) is 4. The minimum Gasteiger partial charge on any atom is -0.481 e. The van der Waals surface area contributed by atoms with E-state index in [0.29, 0.717) is 12.8 Å². The summed E-state index contributed by atoms with van der Waals surface area (Å²) in [4.78, 5) is 39.5. The lowest BCUT2D eigenvalue weighted by atomic mass is 10.2. The average Bonchev–Trinajstić information content (AvgIpc) is 2.30. The molecule has 4 N–H and O–H groups in total. The summed E-state index contributed by atoms with van der Waals surface area (Å²) in [6, 6.07) is 0. The van der Waals surface area contributed by atoms with Crippen molar-refractivity contribution in [2.24, 2.45) is 0 Å². The Labute approximate surface area is 115 Å². The maximum Gasteiger partial charge on any atom is 0.307 e. The lowest BCUT2D eigenvalue weighted by Gasteiger charge is -1.92. The fraction of sp³-hybridized carbons (Fsp3) is 0.500. The number of carbonyl (C=O) groups is 4. The van der Waals surface area contributed by atoms with Crippen molar-refractivity contribution in [3.63, 3.8) is 0 Å². The molecule has 0 fully saturated rings. The van der Waals surface area contributed by atoms with E-state index in [0.717, 1.165) is 0 Å². The van der Waals surface area contributed by atoms with Crippen LogP contribution < -0.4 is 0 Å². The van der Waals surface area contributed by atoms with Crippen molar-refractivity contribution in [1.82, 2.24) is 0 Å². The summed E-state index contributed by atoms with van der Waals surface area (Å²) in [6.07, 6.45) is 3.41. The van der Waals surface area contributed by atoms with Gasteiger partial charge >= 0.3 is 23.9 Å². The highest BCUT2D eigenvalue weighted by Crippen LogP contribution is 1.98. The van der Waals surface area contributed by atoms with Gasteiger partial charge in [0.2, 0.25) is 0 Å². The first-order chi connectivity index (χ1) is 9.25. The van der Waals surface area contributed by atoms with Crippen LogP contribution in [0.25, 0.3) is 0 Å². The van der Waals surface area contributed by atoms with Crippen LogP contribution in [0, 0.1) is 0 Å². The summed E-state index contributed by atoms with van der Waals surface area (Å²) in [7, 11) is 0. The minimum absolute atomic E-state index is 0.0628. The van der Waals surface area contributed by atoms with Gasteiger partial charge < -0.3 is 20.4 Å². The lowest BCUT2D eigenvalue weighted by molar-refractivity contribution is -0.139. The molecule has 0 aromatic heterocycles. The highest BCUT2D eigenvalue weighted by Gasteiger charge is 1.99. The summed E-state index contributed by atoms with van der Waals surface area (Å²) in [5.74, 6) is -3.65. The second-order valence-corrected chi connectivity index (χ2v) is 3.66. The maximum absolute atomic E-state index is 9.90. The predicted molar refractivity (Wildman–Crippen MR) is 67.4 cm³/mol. The van der Waals surface area contributed by atoms with Gasteiger partial charge in [-0.05, 0) is 12.8 Å². The van der Waals surface area contributed by atoms with Crippen LogP contribution in [0.4, 0.5) is 0 Å². The molecule has 0 rings (SSSR count). The van der Waals surface area contributed by atoms with Crippen molar-refractivity contribution >= 4 is 23.9 Å². The third-order valence-corrected chi connectivity index (χ3v) is 1.78. The van der Waals surface area contributed by atoms with E-state index in [-0.39, 0.29) is 25.7 Å². The maximum atomic E-state index is 9.90. The van der Waals surface area contributed by atoms with Crippen LogP contribution in [-0.2, 0) is 19.2 Å². The largest absolute Gasteiger partial charge is 0.481 e. The van der Waals surface area contributed by atoms with E-state index in [1.54, 1.807) is 0 Å². The number of aliphatic carboxylic acids is 4. The van der Waals surface area contributed by atoms with Gasteiger partial charge in [-0.3, -0.25) is 19.2 Å². The molecule has 0 bridgehead atoms. The molecule has 114 valence electrons. The summed E-state index contributed by atoms with van der Waals surface area (Å²) in [5, 5.41) is 32.4. The summed E-state index contributed by atoms with van der Waals surface area (Å²) in [5.41, 5.74) is 0. The minimum atomic E-state index is -0.957. The van der Waals surface area contributed by atoms with Crippen LogP contribution in [0.1, 0.15) is 38.5 Å². The summed E-state index contributed by atoms with van der Waals surface area (Å²) in [6.45, 7) is 0. The van der Waals surface area contributed by atoms with Gasteiger partial charge in [-0.1, -0.05) is 12.2 Å². The fourth-order valence-electron chi connectivity index (χ4n) is 0.921. The molecular formula is C12H18O8. The SMILES string of the molecule is O=C(O)C/C=C\CC(=O)O.O=C(O)CCCCC(=O)O. The van der Waals surface area contributed by atoms with E-state index in [2.05, 4.69) is 0 Å². The van der Waals surface area contributed by atoms with Crippen LogP contribution in [0.15, 0.2) is 12.2 Å². The van der Waals surface area contributed by atoms with Crippen LogP contribution in [0.2, 0.25) is 0 Å². The first-order valence-corrected chi connectivity index (χ1v) is 5.77. The van der Waals surface area contributed by atoms with Crippen molar-refractivity contribution in [2.75, 3.05) is 0 Å². The predicted octanol–water partition coefficient (Wildman–Crippen LogP) is 1.21.